The van der Waals surface area contributed by atoms with E-state index in [1.165, 1.54) is 24.1 Å². The number of methoxy groups -OCH3 is 1. The zero-order valence-corrected chi connectivity index (χ0v) is 21.0. The molecule has 2 aromatic carbocycles. The zero-order valence-electron chi connectivity index (χ0n) is 19.5. The zero-order chi connectivity index (χ0) is 24.8. The highest BCUT2D eigenvalue weighted by atomic mass is 35.5. The molecule has 180 valence electrons. The van der Waals surface area contributed by atoms with Crippen molar-refractivity contribution >= 4 is 39.1 Å². The number of rotatable bonds is 10. The first-order valence-electron chi connectivity index (χ1n) is 10.4. The molecule has 8 nitrogen and oxygen atoms in total. The van der Waals surface area contributed by atoms with Crippen LogP contribution in [0.25, 0.3) is 0 Å². The monoisotopic (exact) mass is 495 g/mol. The molecular weight excluding hydrogens is 466 g/mol. The van der Waals surface area contributed by atoms with Gasteiger partial charge in [0.15, 0.2) is 0 Å². The summed E-state index contributed by atoms with van der Waals surface area (Å²) in [6.07, 6.45) is 1.000. The molecule has 0 spiro atoms. The minimum atomic E-state index is -3.89. The Morgan fingerprint density at radius 2 is 1.85 bits per heavy atom. The standard InChI is InChI=1S/C23H30ClN3O5S/c1-6-25-23(29)17(3)26(14-18-10-8-7-9-16(18)2)22(28)15-27(33(5,30)31)20-13-19(24)11-12-21(20)32-4/h7-13,17H,6,14-15H2,1-5H3,(H,25,29)/t17-/m0/s1. The van der Waals surface area contributed by atoms with Gasteiger partial charge >= 0.3 is 0 Å². The number of carbonyl (C=O) groups excluding carboxylic acids is 2. The van der Waals surface area contributed by atoms with Gasteiger partial charge in [-0.3, -0.25) is 13.9 Å². The largest absolute Gasteiger partial charge is 0.495 e. The number of hydrogen-bond donors (Lipinski definition) is 1. The van der Waals surface area contributed by atoms with Gasteiger partial charge in [0.25, 0.3) is 0 Å². The van der Waals surface area contributed by atoms with Crippen LogP contribution >= 0.6 is 11.6 Å². The molecule has 0 fully saturated rings. The number of hydrogen-bond acceptors (Lipinski definition) is 5. The highest BCUT2D eigenvalue weighted by Gasteiger charge is 2.31. The quantitative estimate of drug-likeness (QED) is 0.546. The van der Waals surface area contributed by atoms with Crippen LogP contribution in [-0.4, -0.2) is 57.6 Å². The highest BCUT2D eigenvalue weighted by molar-refractivity contribution is 7.92. The average molecular weight is 496 g/mol. The third-order valence-corrected chi connectivity index (χ3v) is 6.57. The fraction of sp³-hybridized carbons (Fsp3) is 0.391. The summed E-state index contributed by atoms with van der Waals surface area (Å²) in [4.78, 5) is 27.5. The van der Waals surface area contributed by atoms with E-state index in [0.29, 0.717) is 11.6 Å². The summed E-state index contributed by atoms with van der Waals surface area (Å²) in [5.74, 6) is -0.616. The molecule has 0 aliphatic carbocycles. The minimum absolute atomic E-state index is 0.141. The van der Waals surface area contributed by atoms with Crippen molar-refractivity contribution in [2.45, 2.75) is 33.4 Å². The summed E-state index contributed by atoms with van der Waals surface area (Å²) in [6.45, 7) is 5.35. The van der Waals surface area contributed by atoms with Crippen LogP contribution in [0.5, 0.6) is 5.75 Å². The Bertz CT molecular complexity index is 1110. The number of anilines is 1. The Kier molecular flexibility index (Phi) is 9.13. The SMILES string of the molecule is CCNC(=O)[C@H](C)N(Cc1ccccc1C)C(=O)CN(c1cc(Cl)ccc1OC)S(C)(=O)=O. The smallest absolute Gasteiger partial charge is 0.244 e. The topological polar surface area (TPSA) is 96.0 Å². The van der Waals surface area contributed by atoms with Crippen molar-refractivity contribution in [1.29, 1.82) is 0 Å². The summed E-state index contributed by atoms with van der Waals surface area (Å²) < 4.78 is 31.6. The number of carbonyl (C=O) groups is 2. The second-order valence-corrected chi connectivity index (χ2v) is 9.95. The van der Waals surface area contributed by atoms with E-state index in [0.717, 1.165) is 21.7 Å². The molecule has 0 heterocycles. The fourth-order valence-electron chi connectivity index (χ4n) is 3.33. The lowest BCUT2D eigenvalue weighted by molar-refractivity contribution is -0.139. The lowest BCUT2D eigenvalue weighted by Crippen LogP contribution is -2.51. The molecule has 0 aliphatic rings. The molecule has 0 bridgehead atoms. The number of likely N-dealkylation sites (N-methyl/N-ethyl adjacent to an activating group) is 1. The van der Waals surface area contributed by atoms with Crippen LogP contribution in [0.1, 0.15) is 25.0 Å². The van der Waals surface area contributed by atoms with Crippen molar-refractivity contribution < 1.29 is 22.7 Å². The molecule has 2 rings (SSSR count). The van der Waals surface area contributed by atoms with E-state index in [-0.39, 0.29) is 23.9 Å². The number of benzene rings is 2. The lowest BCUT2D eigenvalue weighted by Gasteiger charge is -2.32. The normalized spacial score (nSPS) is 12.1. The summed E-state index contributed by atoms with van der Waals surface area (Å²) in [6, 6.07) is 11.2. The van der Waals surface area contributed by atoms with Crippen LogP contribution < -0.4 is 14.4 Å². The van der Waals surface area contributed by atoms with Gasteiger partial charge in [-0.15, -0.1) is 0 Å². The molecule has 33 heavy (non-hydrogen) atoms. The molecule has 0 aliphatic heterocycles. The maximum atomic E-state index is 13.5. The van der Waals surface area contributed by atoms with Gasteiger partial charge < -0.3 is 15.0 Å². The van der Waals surface area contributed by atoms with Crippen LogP contribution in [0.4, 0.5) is 5.69 Å². The summed E-state index contributed by atoms with van der Waals surface area (Å²) in [5, 5.41) is 3.01. The van der Waals surface area contributed by atoms with Gasteiger partial charge in [-0.1, -0.05) is 35.9 Å². The molecular formula is C23H30ClN3O5S. The maximum absolute atomic E-state index is 13.5. The third-order valence-electron chi connectivity index (χ3n) is 5.21. The van der Waals surface area contributed by atoms with Gasteiger partial charge in [0.2, 0.25) is 21.8 Å². The molecule has 0 aromatic heterocycles. The van der Waals surface area contributed by atoms with E-state index in [1.807, 2.05) is 31.2 Å². The number of aryl methyl sites for hydroxylation is 1. The Balaban J connectivity index is 2.47. The number of ether oxygens (including phenoxy) is 1. The maximum Gasteiger partial charge on any atom is 0.244 e. The number of nitrogens with one attached hydrogen (secondary N) is 1. The van der Waals surface area contributed by atoms with Gasteiger partial charge in [0.05, 0.1) is 19.1 Å². The second kappa shape index (κ2) is 11.4. The van der Waals surface area contributed by atoms with Crippen molar-refractivity contribution in [1.82, 2.24) is 10.2 Å². The van der Waals surface area contributed by atoms with Gasteiger partial charge in [-0.05, 0) is 50.1 Å². The Morgan fingerprint density at radius 1 is 1.18 bits per heavy atom. The molecule has 0 radical (unpaired) electrons. The van der Waals surface area contributed by atoms with E-state index in [1.54, 1.807) is 19.9 Å². The van der Waals surface area contributed by atoms with Gasteiger partial charge in [0, 0.05) is 18.1 Å². The van der Waals surface area contributed by atoms with Crippen molar-refractivity contribution in [2.24, 2.45) is 0 Å². The van der Waals surface area contributed by atoms with E-state index >= 15 is 0 Å². The first kappa shape index (κ1) is 26.5. The van der Waals surface area contributed by atoms with Crippen molar-refractivity contribution in [3.63, 3.8) is 0 Å². The second-order valence-electron chi connectivity index (χ2n) is 7.60. The molecule has 0 saturated carbocycles. The van der Waals surface area contributed by atoms with Crippen LogP contribution in [0.3, 0.4) is 0 Å². The van der Waals surface area contributed by atoms with Crippen LogP contribution in [0, 0.1) is 6.92 Å². The molecule has 1 N–H and O–H groups in total. The van der Waals surface area contributed by atoms with E-state index in [2.05, 4.69) is 5.32 Å². The third kappa shape index (κ3) is 6.85. The van der Waals surface area contributed by atoms with Crippen LogP contribution in [0.15, 0.2) is 42.5 Å². The minimum Gasteiger partial charge on any atom is -0.495 e. The highest BCUT2D eigenvalue weighted by Crippen LogP contribution is 2.33. The molecule has 2 amide bonds. The van der Waals surface area contributed by atoms with Crippen LogP contribution in [-0.2, 0) is 26.2 Å². The average Bonchev–Trinajstić information content (AvgIpc) is 2.75. The van der Waals surface area contributed by atoms with Crippen molar-refractivity contribution in [3.05, 3.63) is 58.6 Å². The lowest BCUT2D eigenvalue weighted by atomic mass is 10.1. The molecule has 0 saturated heterocycles. The van der Waals surface area contributed by atoms with E-state index in [9.17, 15) is 18.0 Å². The predicted molar refractivity (Wildman–Crippen MR) is 130 cm³/mol. The first-order chi connectivity index (χ1) is 15.5. The predicted octanol–water partition coefficient (Wildman–Crippen LogP) is 2.98. The number of halogens is 1. The van der Waals surface area contributed by atoms with Crippen LogP contribution in [0.2, 0.25) is 5.02 Å². The summed E-state index contributed by atoms with van der Waals surface area (Å²) in [7, 11) is -2.49. The molecule has 2 aromatic rings. The molecule has 0 unspecified atom stereocenters. The Morgan fingerprint density at radius 3 is 2.42 bits per heavy atom. The fourth-order valence-corrected chi connectivity index (χ4v) is 4.34. The van der Waals surface area contributed by atoms with Gasteiger partial charge in [-0.25, -0.2) is 8.42 Å². The van der Waals surface area contributed by atoms with Crippen molar-refractivity contribution in [2.75, 3.05) is 30.8 Å². The molecule has 10 heteroatoms. The van der Waals surface area contributed by atoms with Crippen molar-refractivity contribution in [3.8, 4) is 5.75 Å². The summed E-state index contributed by atoms with van der Waals surface area (Å²) in [5.41, 5.74) is 1.95. The summed E-state index contributed by atoms with van der Waals surface area (Å²) >= 11 is 6.09. The number of nitrogens with zero attached hydrogens (tertiary/aromatic N) is 2. The Labute approximate surface area is 200 Å². The molecule has 1 atom stereocenters. The van der Waals surface area contributed by atoms with Gasteiger partial charge in [-0.2, -0.15) is 0 Å². The number of sulfonamides is 1. The first-order valence-corrected chi connectivity index (χ1v) is 12.6. The Hall–Kier alpha value is -2.78. The van der Waals surface area contributed by atoms with Gasteiger partial charge in [0.1, 0.15) is 18.3 Å². The van der Waals surface area contributed by atoms with E-state index in [4.69, 9.17) is 16.3 Å². The number of amides is 2. The van der Waals surface area contributed by atoms with E-state index < -0.39 is 28.5 Å².